The van der Waals surface area contributed by atoms with Gasteiger partial charge in [0.05, 0.1) is 5.69 Å². The molecule has 2 N–H and O–H groups in total. The van der Waals surface area contributed by atoms with Gasteiger partial charge in [-0.05, 0) is 31.4 Å². The van der Waals surface area contributed by atoms with Crippen molar-refractivity contribution < 1.29 is 8.91 Å². The van der Waals surface area contributed by atoms with Crippen LogP contribution >= 0.6 is 11.6 Å². The van der Waals surface area contributed by atoms with Crippen molar-refractivity contribution in [2.24, 2.45) is 5.73 Å². The van der Waals surface area contributed by atoms with Gasteiger partial charge in [0.2, 0.25) is 0 Å². The fourth-order valence-corrected chi connectivity index (χ4v) is 2.04. The Morgan fingerprint density at radius 3 is 2.67 bits per heavy atom. The summed E-state index contributed by atoms with van der Waals surface area (Å²) < 4.78 is 18.4. The lowest BCUT2D eigenvalue weighted by atomic mass is 10.0. The van der Waals surface area contributed by atoms with E-state index in [-0.39, 0.29) is 12.4 Å². The molecular formula is C13H14ClFN2O. The Morgan fingerprint density at radius 1 is 1.28 bits per heavy atom. The number of hydrogen-bond acceptors (Lipinski definition) is 3. The number of hydrogen-bond donors (Lipinski definition) is 1. The van der Waals surface area contributed by atoms with E-state index in [4.69, 9.17) is 21.9 Å². The second-order valence-electron chi connectivity index (χ2n) is 4.17. The number of halogens is 2. The zero-order valence-corrected chi connectivity index (χ0v) is 10.8. The fourth-order valence-electron chi connectivity index (χ4n) is 1.79. The highest BCUT2D eigenvalue weighted by atomic mass is 35.5. The van der Waals surface area contributed by atoms with E-state index < -0.39 is 0 Å². The molecule has 18 heavy (non-hydrogen) atoms. The van der Waals surface area contributed by atoms with Crippen molar-refractivity contribution in [2.45, 2.75) is 26.3 Å². The molecule has 0 aliphatic carbocycles. The predicted octanol–water partition coefficient (Wildman–Crippen LogP) is 3.02. The number of nitrogens with two attached hydrogens (primary N) is 1. The van der Waals surface area contributed by atoms with Gasteiger partial charge in [0, 0.05) is 23.2 Å². The second kappa shape index (κ2) is 5.50. The minimum absolute atomic E-state index is 0.166. The summed E-state index contributed by atoms with van der Waals surface area (Å²) in [6.07, 6.45) is 1.38. The maximum absolute atomic E-state index is 13.4. The molecule has 0 aliphatic heterocycles. The van der Waals surface area contributed by atoms with Crippen molar-refractivity contribution in [1.29, 1.82) is 0 Å². The summed E-state index contributed by atoms with van der Waals surface area (Å²) in [6, 6.07) is 4.90. The van der Waals surface area contributed by atoms with Crippen molar-refractivity contribution in [3.05, 3.63) is 51.6 Å². The van der Waals surface area contributed by atoms with Crippen molar-refractivity contribution in [3.63, 3.8) is 0 Å². The highest BCUT2D eigenvalue weighted by molar-refractivity contribution is 6.31. The molecule has 5 heteroatoms. The van der Waals surface area contributed by atoms with Crippen LogP contribution in [-0.2, 0) is 19.4 Å². The summed E-state index contributed by atoms with van der Waals surface area (Å²) in [6.45, 7) is 2.01. The largest absolute Gasteiger partial charge is 0.361 e. The van der Waals surface area contributed by atoms with Crippen molar-refractivity contribution in [1.82, 2.24) is 5.16 Å². The zero-order valence-electron chi connectivity index (χ0n) is 10.0. The third-order valence-electron chi connectivity index (χ3n) is 2.76. The van der Waals surface area contributed by atoms with Gasteiger partial charge in [-0.3, -0.25) is 0 Å². The maximum atomic E-state index is 13.4. The summed E-state index contributed by atoms with van der Waals surface area (Å²) in [4.78, 5) is 0. The molecule has 0 fully saturated rings. The van der Waals surface area contributed by atoms with Crippen LogP contribution in [-0.4, -0.2) is 5.16 Å². The Kier molecular flexibility index (Phi) is 3.99. The van der Waals surface area contributed by atoms with E-state index in [9.17, 15) is 4.39 Å². The second-order valence-corrected chi connectivity index (χ2v) is 4.58. The molecule has 1 heterocycles. The van der Waals surface area contributed by atoms with Crippen LogP contribution in [0.15, 0.2) is 22.7 Å². The lowest BCUT2D eigenvalue weighted by molar-refractivity contribution is 0.390. The predicted molar refractivity (Wildman–Crippen MR) is 67.9 cm³/mol. The molecule has 0 saturated heterocycles. The average Bonchev–Trinajstić information content (AvgIpc) is 2.74. The van der Waals surface area contributed by atoms with Gasteiger partial charge < -0.3 is 10.3 Å². The van der Waals surface area contributed by atoms with E-state index >= 15 is 0 Å². The first-order chi connectivity index (χ1) is 8.60. The molecule has 0 radical (unpaired) electrons. The summed E-state index contributed by atoms with van der Waals surface area (Å²) in [7, 11) is 0. The molecule has 2 rings (SSSR count). The number of nitrogens with zero attached hydrogens (tertiary/aromatic N) is 1. The third kappa shape index (κ3) is 2.89. The van der Waals surface area contributed by atoms with Crippen LogP contribution in [0.4, 0.5) is 4.39 Å². The number of aromatic nitrogens is 1. The van der Waals surface area contributed by atoms with Crippen LogP contribution in [0.1, 0.15) is 22.6 Å². The lowest BCUT2D eigenvalue weighted by Gasteiger charge is -2.07. The Bertz CT molecular complexity index is 554. The molecule has 0 unspecified atom stereocenters. The average molecular weight is 269 g/mol. The molecule has 1 aromatic heterocycles. The van der Waals surface area contributed by atoms with Gasteiger partial charge in [-0.25, -0.2) is 4.39 Å². The molecule has 0 bridgehead atoms. The van der Waals surface area contributed by atoms with Crippen LogP contribution in [0.3, 0.4) is 0 Å². The van der Waals surface area contributed by atoms with Crippen LogP contribution in [0.5, 0.6) is 0 Å². The van der Waals surface area contributed by atoms with E-state index in [0.717, 1.165) is 17.0 Å². The molecule has 2 aromatic rings. The first-order valence-electron chi connectivity index (χ1n) is 5.69. The molecule has 0 atom stereocenters. The molecular weight excluding hydrogens is 255 g/mol. The van der Waals surface area contributed by atoms with E-state index in [1.165, 1.54) is 6.07 Å². The minimum Gasteiger partial charge on any atom is -0.361 e. The first-order valence-corrected chi connectivity index (χ1v) is 6.07. The van der Waals surface area contributed by atoms with Crippen LogP contribution in [0.25, 0.3) is 0 Å². The van der Waals surface area contributed by atoms with Gasteiger partial charge in [0.15, 0.2) is 0 Å². The van der Waals surface area contributed by atoms with Gasteiger partial charge in [0.25, 0.3) is 0 Å². The Morgan fingerprint density at radius 2 is 2.06 bits per heavy atom. The topological polar surface area (TPSA) is 52.0 Å². The highest BCUT2D eigenvalue weighted by Gasteiger charge is 2.09. The molecule has 0 amide bonds. The smallest absolute Gasteiger partial charge is 0.133 e. The summed E-state index contributed by atoms with van der Waals surface area (Å²) >= 11 is 6.01. The van der Waals surface area contributed by atoms with Gasteiger partial charge in [-0.2, -0.15) is 0 Å². The van der Waals surface area contributed by atoms with Crippen LogP contribution < -0.4 is 5.73 Å². The Hall–Kier alpha value is -1.39. The third-order valence-corrected chi connectivity index (χ3v) is 3.11. The molecule has 96 valence electrons. The fraction of sp³-hybridized carbons (Fsp3) is 0.308. The van der Waals surface area contributed by atoms with Crippen molar-refractivity contribution >= 4 is 11.6 Å². The summed E-state index contributed by atoms with van der Waals surface area (Å²) in [5.74, 6) is 0.418. The summed E-state index contributed by atoms with van der Waals surface area (Å²) in [5.41, 5.74) is 7.68. The quantitative estimate of drug-likeness (QED) is 0.927. The normalized spacial score (nSPS) is 10.9. The van der Waals surface area contributed by atoms with Gasteiger partial charge in [-0.15, -0.1) is 0 Å². The van der Waals surface area contributed by atoms with Crippen molar-refractivity contribution in [3.8, 4) is 0 Å². The zero-order chi connectivity index (χ0) is 13.1. The molecule has 0 aliphatic rings. The van der Waals surface area contributed by atoms with E-state index in [2.05, 4.69) is 5.16 Å². The van der Waals surface area contributed by atoms with Crippen LogP contribution in [0, 0.1) is 12.7 Å². The van der Waals surface area contributed by atoms with Crippen molar-refractivity contribution in [2.75, 3.05) is 0 Å². The Labute approximate surface area is 110 Å². The SMILES string of the molecule is Cc1cc(CCc2cc(CN)c(F)cc2Cl)no1. The van der Waals surface area contributed by atoms with E-state index in [1.807, 2.05) is 13.0 Å². The van der Waals surface area contributed by atoms with Crippen LogP contribution in [0.2, 0.25) is 5.02 Å². The molecule has 0 spiro atoms. The van der Waals surface area contributed by atoms with Gasteiger partial charge in [0.1, 0.15) is 11.6 Å². The number of aryl methyl sites for hydroxylation is 3. The highest BCUT2D eigenvalue weighted by Crippen LogP contribution is 2.22. The number of rotatable bonds is 4. The van der Waals surface area contributed by atoms with E-state index in [1.54, 1.807) is 6.07 Å². The van der Waals surface area contributed by atoms with Gasteiger partial charge >= 0.3 is 0 Å². The van der Waals surface area contributed by atoms with E-state index in [0.29, 0.717) is 23.4 Å². The Balaban J connectivity index is 2.13. The monoisotopic (exact) mass is 268 g/mol. The molecule has 3 nitrogen and oxygen atoms in total. The first kappa shape index (κ1) is 13.1. The lowest BCUT2D eigenvalue weighted by Crippen LogP contribution is -2.02. The molecule has 1 aromatic carbocycles. The maximum Gasteiger partial charge on any atom is 0.133 e. The summed E-state index contributed by atoms with van der Waals surface area (Å²) in [5, 5.41) is 4.33. The molecule has 0 saturated carbocycles. The minimum atomic E-state index is -0.358. The van der Waals surface area contributed by atoms with Gasteiger partial charge in [-0.1, -0.05) is 22.8 Å². The standard InChI is InChI=1S/C13H14ClFN2O/c1-8-4-11(17-18-8)3-2-9-5-10(7-16)13(15)6-12(9)14/h4-6H,2-3,7,16H2,1H3. The number of benzene rings is 1.